The van der Waals surface area contributed by atoms with Crippen molar-refractivity contribution >= 4 is 25.9 Å². The van der Waals surface area contributed by atoms with E-state index in [2.05, 4.69) is 62.3 Å². The van der Waals surface area contributed by atoms with Crippen molar-refractivity contribution in [3.05, 3.63) is 0 Å². The first kappa shape index (κ1) is 18.0. The van der Waals surface area contributed by atoms with Crippen LogP contribution in [0.5, 0.6) is 0 Å². The third-order valence-electron chi connectivity index (χ3n) is 3.54. The first-order valence-corrected chi connectivity index (χ1v) is 8.93. The summed E-state index contributed by atoms with van der Waals surface area (Å²) in [4.78, 5) is 11.8. The van der Waals surface area contributed by atoms with Crippen molar-refractivity contribution < 1.29 is 9.22 Å². The van der Waals surface area contributed by atoms with E-state index in [9.17, 15) is 4.79 Å². The molecule has 0 unspecified atom stereocenters. The van der Waals surface area contributed by atoms with Gasteiger partial charge in [0, 0.05) is 0 Å². The van der Waals surface area contributed by atoms with Gasteiger partial charge in [-0.1, -0.05) is 62.3 Å². The molecule has 0 fully saturated rings. The zero-order valence-electron chi connectivity index (χ0n) is 13.4. The van der Waals surface area contributed by atoms with Crippen LogP contribution in [-0.2, 0) is 9.22 Å². The second kappa shape index (κ2) is 5.16. The van der Waals surface area contributed by atoms with Gasteiger partial charge in [-0.15, -0.1) is 11.6 Å². The van der Waals surface area contributed by atoms with E-state index in [1.165, 1.54) is 0 Å². The van der Waals surface area contributed by atoms with E-state index in [-0.39, 0.29) is 27.0 Å². The first-order chi connectivity index (χ1) is 7.70. The van der Waals surface area contributed by atoms with Crippen LogP contribution in [0.15, 0.2) is 0 Å². The lowest BCUT2D eigenvalue weighted by Gasteiger charge is -2.56. The average molecular weight is 293 g/mol. The molecule has 0 N–H and O–H groups in total. The van der Waals surface area contributed by atoms with Crippen LogP contribution in [0.4, 0.5) is 0 Å². The smallest absolute Gasteiger partial charge is 0.307 e. The number of halogens is 1. The molecule has 0 amide bonds. The van der Waals surface area contributed by atoms with Crippen molar-refractivity contribution in [1.29, 1.82) is 0 Å². The molecule has 4 heteroatoms. The predicted octanol–water partition coefficient (Wildman–Crippen LogP) is 5.11. The monoisotopic (exact) mass is 292 g/mol. The van der Waals surface area contributed by atoms with Gasteiger partial charge >= 0.3 is 5.97 Å². The molecular formula is C14H29ClO2Si. The molecule has 0 aromatic heterocycles. The highest BCUT2D eigenvalue weighted by Gasteiger charge is 2.64. The lowest BCUT2D eigenvalue weighted by molar-refractivity contribution is -0.133. The third kappa shape index (κ3) is 3.10. The van der Waals surface area contributed by atoms with Gasteiger partial charge in [-0.3, -0.25) is 4.79 Å². The van der Waals surface area contributed by atoms with Gasteiger partial charge in [0.05, 0.1) is 0 Å². The highest BCUT2D eigenvalue weighted by molar-refractivity contribution is 6.83. The lowest BCUT2D eigenvalue weighted by Crippen LogP contribution is -2.61. The molecule has 0 saturated heterocycles. The summed E-state index contributed by atoms with van der Waals surface area (Å²) < 4.78 is 6.05. The summed E-state index contributed by atoms with van der Waals surface area (Å²) in [5.41, 5.74) is 0. The number of carbonyl (C=O) groups is 1. The van der Waals surface area contributed by atoms with Crippen LogP contribution in [0, 0.1) is 0 Å². The highest BCUT2D eigenvalue weighted by atomic mass is 35.5. The summed E-state index contributed by atoms with van der Waals surface area (Å²) in [6.45, 7) is 19.6. The fourth-order valence-corrected chi connectivity index (χ4v) is 12.3. The number of hydrogen-bond acceptors (Lipinski definition) is 2. The Balaban J connectivity index is 6.00. The maximum absolute atomic E-state index is 11.8. The van der Waals surface area contributed by atoms with E-state index in [0.717, 1.165) is 0 Å². The average Bonchev–Trinajstić information content (AvgIpc) is 2.07. The summed E-state index contributed by atoms with van der Waals surface area (Å²) in [7, 11) is -2.42. The van der Waals surface area contributed by atoms with Gasteiger partial charge in [0.15, 0.2) is 0 Å². The zero-order chi connectivity index (χ0) is 15.0. The SMILES string of the molecule is CC(C)(C)[Si](OC(=O)CCl)(C(C)(C)C)C(C)(C)C. The molecule has 2 nitrogen and oxygen atoms in total. The van der Waals surface area contributed by atoms with Crippen LogP contribution in [-0.4, -0.2) is 20.2 Å². The standard InChI is InChI=1S/C14H29ClO2Si/c1-12(2,3)18(13(4,5)6,14(7,8)9)17-11(16)10-15/h10H2,1-9H3. The summed E-state index contributed by atoms with van der Waals surface area (Å²) in [6.07, 6.45) is 0. The summed E-state index contributed by atoms with van der Waals surface area (Å²) >= 11 is 5.66. The second-order valence-electron chi connectivity index (χ2n) is 8.04. The van der Waals surface area contributed by atoms with Crippen LogP contribution >= 0.6 is 11.6 Å². The largest absolute Gasteiger partial charge is 0.517 e. The Kier molecular flexibility index (Phi) is 5.15. The van der Waals surface area contributed by atoms with Crippen molar-refractivity contribution in [2.75, 3.05) is 5.88 Å². The molecule has 18 heavy (non-hydrogen) atoms. The van der Waals surface area contributed by atoms with E-state index in [4.69, 9.17) is 16.0 Å². The van der Waals surface area contributed by atoms with E-state index < -0.39 is 8.32 Å². The molecule has 0 aromatic carbocycles. The van der Waals surface area contributed by atoms with Crippen molar-refractivity contribution in [2.45, 2.75) is 77.4 Å². The van der Waals surface area contributed by atoms with E-state index in [1.54, 1.807) is 0 Å². The molecule has 0 saturated carbocycles. The second-order valence-corrected chi connectivity index (χ2v) is 14.4. The minimum atomic E-state index is -2.42. The number of hydrogen-bond donors (Lipinski definition) is 0. The molecule has 0 aliphatic carbocycles. The molecule has 0 heterocycles. The number of rotatable bonds is 2. The van der Waals surface area contributed by atoms with Gasteiger partial charge in [0.1, 0.15) is 5.88 Å². The van der Waals surface area contributed by atoms with Gasteiger partial charge in [-0.05, 0) is 15.1 Å². The summed E-state index contributed by atoms with van der Waals surface area (Å²) in [5, 5.41) is -0.151. The Labute approximate surface area is 119 Å². The topological polar surface area (TPSA) is 26.3 Å². The Morgan fingerprint density at radius 3 is 1.33 bits per heavy atom. The lowest BCUT2D eigenvalue weighted by atomic mass is 10.2. The summed E-state index contributed by atoms with van der Waals surface area (Å²) in [6, 6.07) is 0. The first-order valence-electron chi connectivity index (χ1n) is 6.48. The minimum absolute atomic E-state index is 0.0504. The Hall–Kier alpha value is -0.0231. The molecule has 0 rings (SSSR count). The molecule has 0 radical (unpaired) electrons. The maximum atomic E-state index is 11.8. The van der Waals surface area contributed by atoms with Crippen LogP contribution in [0.2, 0.25) is 15.1 Å². The number of carbonyl (C=O) groups excluding carboxylic acids is 1. The van der Waals surface area contributed by atoms with Crippen LogP contribution in [0.1, 0.15) is 62.3 Å². The molecule has 0 aromatic rings. The van der Waals surface area contributed by atoms with Gasteiger partial charge in [-0.2, -0.15) is 0 Å². The number of alkyl halides is 1. The fourth-order valence-electron chi connectivity index (χ4n) is 4.03. The van der Waals surface area contributed by atoms with E-state index in [1.807, 2.05) is 0 Å². The molecule has 0 aliphatic heterocycles. The molecule has 0 spiro atoms. The quantitative estimate of drug-likeness (QED) is 0.522. The van der Waals surface area contributed by atoms with Crippen LogP contribution in [0.3, 0.4) is 0 Å². The van der Waals surface area contributed by atoms with Gasteiger partial charge in [0.25, 0.3) is 8.32 Å². The van der Waals surface area contributed by atoms with Gasteiger partial charge < -0.3 is 4.43 Å². The van der Waals surface area contributed by atoms with E-state index in [0.29, 0.717) is 0 Å². The Morgan fingerprint density at radius 2 is 1.17 bits per heavy atom. The predicted molar refractivity (Wildman–Crippen MR) is 81.7 cm³/mol. The normalized spacial score (nSPS) is 14.6. The van der Waals surface area contributed by atoms with Crippen molar-refractivity contribution in [2.24, 2.45) is 0 Å². The van der Waals surface area contributed by atoms with Crippen molar-refractivity contribution in [3.63, 3.8) is 0 Å². The zero-order valence-corrected chi connectivity index (χ0v) is 15.2. The molecular weight excluding hydrogens is 264 g/mol. The van der Waals surface area contributed by atoms with Crippen LogP contribution < -0.4 is 0 Å². The fraction of sp³-hybridized carbons (Fsp3) is 0.929. The summed E-state index contributed by atoms with van der Waals surface area (Å²) in [5.74, 6) is -0.361. The van der Waals surface area contributed by atoms with E-state index >= 15 is 0 Å². The molecule has 108 valence electrons. The minimum Gasteiger partial charge on any atom is -0.517 e. The molecule has 0 aliphatic rings. The van der Waals surface area contributed by atoms with Crippen molar-refractivity contribution in [3.8, 4) is 0 Å². The third-order valence-corrected chi connectivity index (χ3v) is 10.6. The Morgan fingerprint density at radius 1 is 0.889 bits per heavy atom. The van der Waals surface area contributed by atoms with Crippen LogP contribution in [0.25, 0.3) is 0 Å². The molecule has 0 atom stereocenters. The van der Waals surface area contributed by atoms with Crippen molar-refractivity contribution in [1.82, 2.24) is 0 Å². The van der Waals surface area contributed by atoms with Gasteiger partial charge in [0.2, 0.25) is 0 Å². The Bertz CT molecular complexity index is 269. The van der Waals surface area contributed by atoms with Gasteiger partial charge in [-0.25, -0.2) is 0 Å². The maximum Gasteiger partial charge on any atom is 0.307 e. The molecule has 0 bridgehead atoms. The highest BCUT2D eigenvalue weighted by Crippen LogP contribution is 2.62.